The van der Waals surface area contributed by atoms with Crippen molar-refractivity contribution in [2.75, 3.05) is 6.61 Å². The molecule has 1 heterocycles. The summed E-state index contributed by atoms with van der Waals surface area (Å²) >= 11 is 0. The lowest BCUT2D eigenvalue weighted by molar-refractivity contribution is -0.385. The molecule has 2 aromatic carbocycles. The maximum atomic E-state index is 12.5. The molecule has 1 amide bonds. The van der Waals surface area contributed by atoms with E-state index in [1.54, 1.807) is 6.07 Å². The van der Waals surface area contributed by atoms with Crippen LogP contribution in [-0.2, 0) is 4.79 Å². The quantitative estimate of drug-likeness (QED) is 0.463. The third-order valence-corrected chi connectivity index (χ3v) is 4.31. The lowest BCUT2D eigenvalue weighted by atomic mass is 9.86. The highest BCUT2D eigenvalue weighted by atomic mass is 16.6. The van der Waals surface area contributed by atoms with Crippen LogP contribution < -0.4 is 10.1 Å². The van der Waals surface area contributed by atoms with E-state index in [9.17, 15) is 14.9 Å². The standard InChI is InChI=1S/C21H22N4O5/c1-21(2,3)18(20-23-19(24-30-20)14-9-5-4-6-10-14)22-17(26)13-29-16-12-8-7-11-15(16)25(27)28/h4-12,18H,13H2,1-3H3,(H,22,26)/t18-/m1/s1. The highest BCUT2D eigenvalue weighted by Gasteiger charge is 2.33. The third-order valence-electron chi connectivity index (χ3n) is 4.31. The Bertz CT molecular complexity index is 1030. The van der Waals surface area contributed by atoms with E-state index >= 15 is 0 Å². The average molecular weight is 410 g/mol. The molecule has 9 nitrogen and oxygen atoms in total. The van der Waals surface area contributed by atoms with Crippen molar-refractivity contribution in [3.05, 3.63) is 70.6 Å². The molecule has 3 aromatic rings. The van der Waals surface area contributed by atoms with Gasteiger partial charge in [-0.25, -0.2) is 0 Å². The van der Waals surface area contributed by atoms with E-state index < -0.39 is 28.9 Å². The van der Waals surface area contributed by atoms with Crippen LogP contribution in [0.5, 0.6) is 5.75 Å². The third kappa shape index (κ3) is 4.99. The average Bonchev–Trinajstić information content (AvgIpc) is 3.20. The number of nitrogens with one attached hydrogen (secondary N) is 1. The second-order valence-corrected chi connectivity index (χ2v) is 7.70. The van der Waals surface area contributed by atoms with Crippen molar-refractivity contribution in [1.82, 2.24) is 15.5 Å². The molecule has 0 saturated heterocycles. The Kier molecular flexibility index (Phi) is 6.10. The zero-order valence-corrected chi connectivity index (χ0v) is 16.9. The maximum Gasteiger partial charge on any atom is 0.310 e. The van der Waals surface area contributed by atoms with E-state index in [-0.39, 0.29) is 17.3 Å². The van der Waals surface area contributed by atoms with Crippen LogP contribution in [0, 0.1) is 15.5 Å². The normalized spacial score (nSPS) is 12.2. The lowest BCUT2D eigenvalue weighted by Gasteiger charge is -2.28. The molecular weight excluding hydrogens is 388 g/mol. The largest absolute Gasteiger partial charge is 0.477 e. The molecule has 1 N–H and O–H groups in total. The molecule has 0 saturated carbocycles. The lowest BCUT2D eigenvalue weighted by Crippen LogP contribution is -2.39. The molecule has 156 valence electrons. The number of carbonyl (C=O) groups is 1. The first-order chi connectivity index (χ1) is 14.3. The minimum Gasteiger partial charge on any atom is -0.477 e. The van der Waals surface area contributed by atoms with Gasteiger partial charge in [-0.1, -0.05) is 68.4 Å². The van der Waals surface area contributed by atoms with Gasteiger partial charge in [0.05, 0.1) is 4.92 Å². The van der Waals surface area contributed by atoms with Crippen molar-refractivity contribution >= 4 is 11.6 Å². The Morgan fingerprint density at radius 2 is 1.83 bits per heavy atom. The Morgan fingerprint density at radius 3 is 2.50 bits per heavy atom. The molecule has 0 bridgehead atoms. The van der Waals surface area contributed by atoms with Crippen LogP contribution in [0.1, 0.15) is 32.7 Å². The van der Waals surface area contributed by atoms with E-state index in [0.717, 1.165) is 5.56 Å². The molecule has 0 spiro atoms. The molecule has 0 fully saturated rings. The molecule has 30 heavy (non-hydrogen) atoms. The number of hydrogen-bond acceptors (Lipinski definition) is 7. The zero-order chi connectivity index (χ0) is 21.7. The topological polar surface area (TPSA) is 120 Å². The molecule has 0 aliphatic carbocycles. The van der Waals surface area contributed by atoms with Crippen LogP contribution in [0.3, 0.4) is 0 Å². The van der Waals surface area contributed by atoms with Gasteiger partial charge in [-0.05, 0) is 11.5 Å². The summed E-state index contributed by atoms with van der Waals surface area (Å²) in [5.41, 5.74) is 0.155. The Balaban J connectivity index is 1.73. The van der Waals surface area contributed by atoms with Crippen LogP contribution in [0.4, 0.5) is 5.69 Å². The van der Waals surface area contributed by atoms with Crippen molar-refractivity contribution in [3.8, 4) is 17.1 Å². The molecule has 1 aromatic heterocycles. The Morgan fingerprint density at radius 1 is 1.17 bits per heavy atom. The number of ether oxygens (including phenoxy) is 1. The number of amides is 1. The van der Waals surface area contributed by atoms with Crippen LogP contribution >= 0.6 is 0 Å². The summed E-state index contributed by atoms with van der Waals surface area (Å²) in [4.78, 5) is 27.5. The predicted octanol–water partition coefficient (Wildman–Crippen LogP) is 3.93. The van der Waals surface area contributed by atoms with Crippen LogP contribution in [0.2, 0.25) is 0 Å². The van der Waals surface area contributed by atoms with Crippen LogP contribution in [-0.4, -0.2) is 27.6 Å². The highest BCUT2D eigenvalue weighted by molar-refractivity contribution is 5.78. The Hall–Kier alpha value is -3.75. The zero-order valence-electron chi connectivity index (χ0n) is 16.9. The molecular formula is C21H22N4O5. The minimum atomic E-state index is -0.579. The first-order valence-corrected chi connectivity index (χ1v) is 9.30. The van der Waals surface area contributed by atoms with Gasteiger partial charge in [0.2, 0.25) is 11.7 Å². The van der Waals surface area contributed by atoms with Gasteiger partial charge in [-0.2, -0.15) is 4.98 Å². The number of carbonyl (C=O) groups excluding carboxylic acids is 1. The number of para-hydroxylation sites is 2. The van der Waals surface area contributed by atoms with E-state index in [1.807, 2.05) is 51.1 Å². The van der Waals surface area contributed by atoms with Crippen molar-refractivity contribution in [3.63, 3.8) is 0 Å². The van der Waals surface area contributed by atoms with E-state index in [1.165, 1.54) is 18.2 Å². The molecule has 0 aliphatic heterocycles. The highest BCUT2D eigenvalue weighted by Crippen LogP contribution is 2.33. The monoisotopic (exact) mass is 410 g/mol. The summed E-state index contributed by atoms with van der Waals surface area (Å²) in [6.07, 6.45) is 0. The van der Waals surface area contributed by atoms with Crippen LogP contribution in [0.25, 0.3) is 11.4 Å². The van der Waals surface area contributed by atoms with E-state index in [0.29, 0.717) is 5.82 Å². The van der Waals surface area contributed by atoms with Crippen molar-refractivity contribution < 1.29 is 19.0 Å². The van der Waals surface area contributed by atoms with Gasteiger partial charge < -0.3 is 14.6 Å². The van der Waals surface area contributed by atoms with E-state index in [2.05, 4.69) is 15.5 Å². The first-order valence-electron chi connectivity index (χ1n) is 9.30. The number of nitro benzene ring substituents is 1. The van der Waals surface area contributed by atoms with Gasteiger partial charge in [0.25, 0.3) is 5.91 Å². The fraction of sp³-hybridized carbons (Fsp3) is 0.286. The van der Waals surface area contributed by atoms with Gasteiger partial charge in [-0.15, -0.1) is 0 Å². The maximum absolute atomic E-state index is 12.5. The van der Waals surface area contributed by atoms with E-state index in [4.69, 9.17) is 9.26 Å². The van der Waals surface area contributed by atoms with Gasteiger partial charge >= 0.3 is 5.69 Å². The van der Waals surface area contributed by atoms with Gasteiger partial charge in [0, 0.05) is 11.6 Å². The van der Waals surface area contributed by atoms with Crippen molar-refractivity contribution in [1.29, 1.82) is 0 Å². The predicted molar refractivity (Wildman–Crippen MR) is 109 cm³/mol. The number of nitrogens with zero attached hydrogens (tertiary/aromatic N) is 3. The summed E-state index contributed by atoms with van der Waals surface area (Å²) in [5.74, 6) is 0.243. The van der Waals surface area contributed by atoms with Gasteiger partial charge in [0.15, 0.2) is 12.4 Å². The smallest absolute Gasteiger partial charge is 0.310 e. The van der Waals surface area contributed by atoms with Crippen molar-refractivity contribution in [2.24, 2.45) is 5.41 Å². The summed E-state index contributed by atoms with van der Waals surface area (Å²) < 4.78 is 10.8. The molecule has 0 aliphatic rings. The number of hydrogen-bond donors (Lipinski definition) is 1. The van der Waals surface area contributed by atoms with Crippen molar-refractivity contribution in [2.45, 2.75) is 26.8 Å². The minimum absolute atomic E-state index is 0.0223. The second-order valence-electron chi connectivity index (χ2n) is 7.70. The summed E-state index contributed by atoms with van der Waals surface area (Å²) in [6, 6.07) is 14.7. The van der Waals surface area contributed by atoms with Gasteiger partial charge in [0.1, 0.15) is 6.04 Å². The Labute approximate surface area is 173 Å². The number of aromatic nitrogens is 2. The van der Waals surface area contributed by atoms with Gasteiger partial charge in [-0.3, -0.25) is 14.9 Å². The molecule has 1 atom stereocenters. The van der Waals surface area contributed by atoms with Crippen LogP contribution in [0.15, 0.2) is 59.1 Å². The summed E-state index contributed by atoms with van der Waals surface area (Å²) in [7, 11) is 0. The number of benzene rings is 2. The number of nitro groups is 1. The fourth-order valence-electron chi connectivity index (χ4n) is 2.78. The summed E-state index contributed by atoms with van der Waals surface area (Å²) in [5, 5.41) is 17.9. The SMILES string of the molecule is CC(C)(C)[C@H](NC(=O)COc1ccccc1[N+](=O)[O-])c1nc(-c2ccccc2)no1. The fourth-order valence-corrected chi connectivity index (χ4v) is 2.78. The second kappa shape index (κ2) is 8.73. The summed E-state index contributed by atoms with van der Waals surface area (Å²) in [6.45, 7) is 5.38. The molecule has 9 heteroatoms. The molecule has 3 rings (SSSR count). The molecule has 0 unspecified atom stereocenters. The first kappa shape index (κ1) is 21.0. The molecule has 0 radical (unpaired) electrons. The number of rotatable bonds is 7.